The minimum absolute atomic E-state index is 0.543. The van der Waals surface area contributed by atoms with E-state index < -0.39 is 10.8 Å². The van der Waals surface area contributed by atoms with Crippen molar-refractivity contribution < 1.29 is 9.47 Å². The highest BCUT2D eigenvalue weighted by Crippen LogP contribution is 2.65. The largest absolute Gasteiger partial charge is 0.457 e. The van der Waals surface area contributed by atoms with Crippen LogP contribution in [-0.4, -0.2) is 4.98 Å². The fourth-order valence-corrected chi connectivity index (χ4v) is 11.8. The second kappa shape index (κ2) is 14.4. The Hall–Kier alpha value is -9.18. The molecule has 68 heavy (non-hydrogen) atoms. The normalized spacial score (nSPS) is 14.6. The Morgan fingerprint density at radius 2 is 0.706 bits per heavy atom. The number of ether oxygens (including phenoxy) is 2. The smallest absolute Gasteiger partial charge is 0.211 e. The summed E-state index contributed by atoms with van der Waals surface area (Å²) in [6, 6.07) is 78.6. The van der Waals surface area contributed by atoms with Gasteiger partial charge in [0, 0.05) is 39.8 Å². The number of anilines is 6. The quantitative estimate of drug-likeness (QED) is 0.166. The first-order valence-electron chi connectivity index (χ1n) is 22.9. The van der Waals surface area contributed by atoms with Gasteiger partial charge in [-0.25, -0.2) is 9.83 Å². The maximum Gasteiger partial charge on any atom is 0.211 e. The lowest BCUT2D eigenvalue weighted by atomic mass is 9.61. The number of para-hydroxylation sites is 8. The zero-order chi connectivity index (χ0) is 45.0. The van der Waals surface area contributed by atoms with Crippen molar-refractivity contribution in [2.45, 2.75) is 10.8 Å². The summed E-state index contributed by atoms with van der Waals surface area (Å²) in [4.78, 5) is 14.0. The van der Waals surface area contributed by atoms with E-state index in [1.54, 1.807) is 0 Å². The van der Waals surface area contributed by atoms with Gasteiger partial charge < -0.3 is 14.4 Å². The minimum atomic E-state index is -0.656. The minimum Gasteiger partial charge on any atom is -0.457 e. The van der Waals surface area contributed by atoms with E-state index in [9.17, 15) is 0 Å². The number of nitrogens with zero attached hydrogens (tertiary/aromatic N) is 4. The van der Waals surface area contributed by atoms with Crippen molar-refractivity contribution in [1.29, 1.82) is 0 Å². The van der Waals surface area contributed by atoms with Gasteiger partial charge in [-0.2, -0.15) is 0 Å². The summed E-state index contributed by atoms with van der Waals surface area (Å²) in [6.45, 7) is 8.64. The molecule has 0 fully saturated rings. The first-order chi connectivity index (χ1) is 33.7. The third kappa shape index (κ3) is 5.02. The number of hydrogen-bond acceptors (Lipinski definition) is 5. The van der Waals surface area contributed by atoms with Crippen LogP contribution in [0.2, 0.25) is 0 Å². The van der Waals surface area contributed by atoms with Gasteiger partial charge in [-0.3, -0.25) is 4.90 Å². The van der Waals surface area contributed by atoms with Crippen LogP contribution >= 0.6 is 0 Å². The van der Waals surface area contributed by atoms with Crippen molar-refractivity contribution in [3.63, 3.8) is 0 Å². The number of fused-ring (bicyclic) bond motifs is 16. The fraction of sp³-hybridized carbons (Fsp3) is 0.0323. The average Bonchev–Trinajstić information content (AvgIpc) is 3.41. The molecule has 9 aromatic carbocycles. The molecule has 10 aromatic rings. The molecular formula is C62H38N4O2. The van der Waals surface area contributed by atoms with Crippen molar-refractivity contribution in [1.82, 2.24) is 4.98 Å². The highest BCUT2D eigenvalue weighted by Gasteiger charge is 2.53. The predicted octanol–water partition coefficient (Wildman–Crippen LogP) is 15.8. The zero-order valence-electron chi connectivity index (χ0n) is 36.5. The Morgan fingerprint density at radius 3 is 1.09 bits per heavy atom. The molecule has 0 aliphatic carbocycles. The van der Waals surface area contributed by atoms with Gasteiger partial charge in [-0.05, 0) is 106 Å². The highest BCUT2D eigenvalue weighted by molar-refractivity contribution is 5.96. The summed E-state index contributed by atoms with van der Waals surface area (Å²) in [5, 5.41) is 0. The van der Waals surface area contributed by atoms with Crippen LogP contribution < -0.4 is 19.3 Å². The topological polar surface area (TPSA) is 42.2 Å². The van der Waals surface area contributed by atoms with Gasteiger partial charge in [0.1, 0.15) is 28.8 Å². The second-order valence-electron chi connectivity index (χ2n) is 17.6. The molecule has 0 N–H and O–H groups in total. The number of hydrogen-bond donors (Lipinski definition) is 0. The van der Waals surface area contributed by atoms with E-state index in [0.717, 1.165) is 113 Å². The zero-order valence-corrected chi connectivity index (χ0v) is 36.5. The van der Waals surface area contributed by atoms with Crippen molar-refractivity contribution in [3.05, 3.63) is 287 Å². The number of aromatic nitrogens is 1. The van der Waals surface area contributed by atoms with Crippen molar-refractivity contribution in [2.24, 2.45) is 0 Å². The van der Waals surface area contributed by atoms with E-state index in [4.69, 9.17) is 21.0 Å². The molecule has 14 rings (SSSR count). The molecule has 0 saturated heterocycles. The molecule has 4 aliphatic heterocycles. The van der Waals surface area contributed by atoms with Crippen LogP contribution in [0.25, 0.3) is 16.0 Å². The lowest BCUT2D eigenvalue weighted by Crippen LogP contribution is -2.39. The molecule has 5 heterocycles. The highest BCUT2D eigenvalue weighted by atomic mass is 16.5. The fourth-order valence-electron chi connectivity index (χ4n) is 11.8. The van der Waals surface area contributed by atoms with Gasteiger partial charge in [0.15, 0.2) is 0 Å². The average molecular weight is 871 g/mol. The molecule has 6 nitrogen and oxygen atoms in total. The molecule has 4 aliphatic rings. The van der Waals surface area contributed by atoms with Gasteiger partial charge >= 0.3 is 0 Å². The monoisotopic (exact) mass is 870 g/mol. The van der Waals surface area contributed by atoms with Crippen LogP contribution in [0.15, 0.2) is 231 Å². The van der Waals surface area contributed by atoms with E-state index in [2.05, 4.69) is 209 Å². The molecule has 318 valence electrons. The van der Waals surface area contributed by atoms with Gasteiger partial charge in [0.2, 0.25) is 5.69 Å². The van der Waals surface area contributed by atoms with E-state index in [1.807, 2.05) is 36.5 Å². The standard InChI is InChI=1S/C62H38N4O2/c1-63-50-38-40(34-36-55(50)65-51-26-10-2-18-42(51)61(43-19-3-11-27-52(43)65)46-22-6-14-30-56(46)67-57-31-15-7-23-47(57)61)41-35-37-60(64-39-41)66-53-28-12-4-20-44(53)62(45-21-5-13-29-54(45)66)48-24-8-16-32-58(48)68-59-33-17-9-25-49(59)62/h2-39H. The SMILES string of the molecule is [C-]#[N+]c1cc(-c2ccc(N3c4ccccc4C4(c5ccccc5Oc5ccccc54)c4ccccc43)nc2)ccc1N1c2ccccc2C2(c3ccccc3Oc3ccccc32)c2ccccc21. The third-order valence-electron chi connectivity index (χ3n) is 14.4. The van der Waals surface area contributed by atoms with Crippen LogP contribution in [0, 0.1) is 6.57 Å². The van der Waals surface area contributed by atoms with Gasteiger partial charge in [-0.15, -0.1) is 0 Å². The molecule has 0 bridgehead atoms. The summed E-state index contributed by atoms with van der Waals surface area (Å²) in [5.74, 6) is 4.17. The number of benzene rings is 9. The van der Waals surface area contributed by atoms with E-state index in [-0.39, 0.29) is 0 Å². The Labute approximate surface area is 394 Å². The maximum atomic E-state index is 8.64. The predicted molar refractivity (Wildman–Crippen MR) is 269 cm³/mol. The van der Waals surface area contributed by atoms with Crippen LogP contribution in [0.1, 0.15) is 44.5 Å². The van der Waals surface area contributed by atoms with E-state index in [0.29, 0.717) is 5.69 Å². The third-order valence-corrected chi connectivity index (χ3v) is 14.4. The molecule has 0 atom stereocenters. The molecule has 0 amide bonds. The second-order valence-corrected chi connectivity index (χ2v) is 17.6. The number of pyridine rings is 1. The lowest BCUT2D eigenvalue weighted by molar-refractivity contribution is 0.433. The van der Waals surface area contributed by atoms with E-state index >= 15 is 0 Å². The lowest BCUT2D eigenvalue weighted by Gasteiger charge is -2.48. The van der Waals surface area contributed by atoms with Crippen LogP contribution in [0.3, 0.4) is 0 Å². The Morgan fingerprint density at radius 1 is 0.353 bits per heavy atom. The molecule has 1 aromatic heterocycles. The van der Waals surface area contributed by atoms with Gasteiger partial charge in [0.05, 0.1) is 34.5 Å². The Balaban J connectivity index is 0.879. The molecule has 2 spiro atoms. The van der Waals surface area contributed by atoms with Crippen molar-refractivity contribution in [3.8, 4) is 34.1 Å². The Kier molecular flexibility index (Phi) is 8.08. The summed E-state index contributed by atoms with van der Waals surface area (Å²) >= 11 is 0. The van der Waals surface area contributed by atoms with Crippen LogP contribution in [-0.2, 0) is 10.8 Å². The van der Waals surface area contributed by atoms with Crippen LogP contribution in [0.4, 0.5) is 39.9 Å². The van der Waals surface area contributed by atoms with E-state index in [1.165, 1.54) is 0 Å². The molecule has 0 unspecified atom stereocenters. The summed E-state index contributed by atoms with van der Waals surface area (Å²) in [6.07, 6.45) is 1.93. The Bertz CT molecular complexity index is 3570. The molecular weight excluding hydrogens is 833 g/mol. The molecule has 0 radical (unpaired) electrons. The number of rotatable bonds is 3. The summed E-state index contributed by atoms with van der Waals surface area (Å²) in [5.41, 5.74) is 15.0. The summed E-state index contributed by atoms with van der Waals surface area (Å²) in [7, 11) is 0. The molecule has 0 saturated carbocycles. The van der Waals surface area contributed by atoms with Crippen molar-refractivity contribution in [2.75, 3.05) is 9.80 Å². The first kappa shape index (κ1) is 38.1. The van der Waals surface area contributed by atoms with Gasteiger partial charge in [-0.1, -0.05) is 152 Å². The van der Waals surface area contributed by atoms with Crippen molar-refractivity contribution >= 4 is 39.9 Å². The summed E-state index contributed by atoms with van der Waals surface area (Å²) < 4.78 is 13.2. The molecule has 6 heteroatoms. The maximum absolute atomic E-state index is 8.64. The van der Waals surface area contributed by atoms with Gasteiger partial charge in [0.25, 0.3) is 0 Å². The first-order valence-corrected chi connectivity index (χ1v) is 22.9. The van der Waals surface area contributed by atoms with Crippen LogP contribution in [0.5, 0.6) is 23.0 Å².